The summed E-state index contributed by atoms with van der Waals surface area (Å²) in [6, 6.07) is 0. The van der Waals surface area contributed by atoms with Crippen LogP contribution in [0.1, 0.15) is 20.8 Å². The van der Waals surface area contributed by atoms with Crippen LogP contribution in [-0.2, 0) is 19.5 Å². The Bertz CT molecular complexity index is 528. The van der Waals surface area contributed by atoms with Crippen LogP contribution in [0.25, 0.3) is 0 Å². The molecule has 5 nitrogen and oxygen atoms in total. The van der Waals surface area contributed by atoms with E-state index in [2.05, 4.69) is 6.58 Å². The number of hydrogen-bond donors (Lipinski definition) is 0. The van der Waals surface area contributed by atoms with Crippen LogP contribution in [0.2, 0.25) is 0 Å². The van der Waals surface area contributed by atoms with Crippen molar-refractivity contribution in [2.45, 2.75) is 26.9 Å². The molecule has 1 aliphatic heterocycles. The maximum absolute atomic E-state index is 12.9. The van der Waals surface area contributed by atoms with Gasteiger partial charge in [0, 0.05) is 20.2 Å². The molecule has 1 fully saturated rings. The van der Waals surface area contributed by atoms with E-state index in [1.165, 1.54) is 4.31 Å². The molecule has 0 saturated carbocycles. The van der Waals surface area contributed by atoms with E-state index in [0.29, 0.717) is 42.4 Å². The quantitative estimate of drug-likeness (QED) is 0.704. The van der Waals surface area contributed by atoms with Gasteiger partial charge < -0.3 is 9.47 Å². The highest BCUT2D eigenvalue weighted by molar-refractivity contribution is 7.93. The summed E-state index contributed by atoms with van der Waals surface area (Å²) < 4.78 is 37.6. The van der Waals surface area contributed by atoms with Crippen molar-refractivity contribution in [1.29, 1.82) is 0 Å². The van der Waals surface area contributed by atoms with E-state index in [-0.39, 0.29) is 6.10 Å². The highest BCUT2D eigenvalue weighted by Gasteiger charge is 2.30. The highest BCUT2D eigenvalue weighted by Crippen LogP contribution is 2.26. The van der Waals surface area contributed by atoms with Gasteiger partial charge in [-0.25, -0.2) is 8.42 Å². The third-order valence-electron chi connectivity index (χ3n) is 3.45. The van der Waals surface area contributed by atoms with Crippen molar-refractivity contribution in [3.8, 4) is 0 Å². The van der Waals surface area contributed by atoms with Crippen LogP contribution in [0.5, 0.6) is 0 Å². The molecule has 0 aromatic heterocycles. The zero-order chi connectivity index (χ0) is 16.0. The van der Waals surface area contributed by atoms with Gasteiger partial charge in [-0.05, 0) is 31.9 Å². The molecule has 1 unspecified atom stereocenters. The molecule has 0 aliphatic carbocycles. The van der Waals surface area contributed by atoms with Gasteiger partial charge in [0.1, 0.15) is 0 Å². The van der Waals surface area contributed by atoms with E-state index in [9.17, 15) is 8.42 Å². The Balaban J connectivity index is 3.26. The van der Waals surface area contributed by atoms with Gasteiger partial charge >= 0.3 is 0 Å². The first-order valence-electron chi connectivity index (χ1n) is 6.97. The zero-order valence-corrected chi connectivity index (χ0v) is 14.1. The van der Waals surface area contributed by atoms with E-state index in [1.54, 1.807) is 33.1 Å². The fourth-order valence-corrected chi connectivity index (χ4v) is 4.08. The minimum atomic E-state index is -3.55. The van der Waals surface area contributed by atoms with Crippen molar-refractivity contribution >= 4 is 10.0 Å². The Labute approximate surface area is 128 Å². The van der Waals surface area contributed by atoms with Crippen LogP contribution < -0.4 is 0 Å². The van der Waals surface area contributed by atoms with Crippen molar-refractivity contribution in [2.24, 2.45) is 0 Å². The highest BCUT2D eigenvalue weighted by atomic mass is 32.2. The summed E-state index contributed by atoms with van der Waals surface area (Å²) in [5.41, 5.74) is 1.31. The normalized spacial score (nSPS) is 20.9. The number of methoxy groups -OCH3 is 1. The summed E-state index contributed by atoms with van der Waals surface area (Å²) in [4.78, 5) is 0.309. The van der Waals surface area contributed by atoms with E-state index in [1.807, 2.05) is 6.92 Å². The molecule has 1 saturated heterocycles. The Morgan fingerprint density at radius 1 is 1.33 bits per heavy atom. The van der Waals surface area contributed by atoms with Gasteiger partial charge in [-0.1, -0.05) is 18.7 Å². The average Bonchev–Trinajstić information content (AvgIpc) is 2.47. The molecule has 1 aliphatic rings. The molecule has 0 N–H and O–H groups in total. The maximum Gasteiger partial charge on any atom is 0.243 e. The molecule has 6 heteroatoms. The summed E-state index contributed by atoms with van der Waals surface area (Å²) in [5, 5.41) is 0. The minimum Gasteiger partial charge on any atom is -0.379 e. The molecule has 0 amide bonds. The van der Waals surface area contributed by atoms with Crippen molar-refractivity contribution in [3.63, 3.8) is 0 Å². The molecule has 0 radical (unpaired) electrons. The second-order valence-electron chi connectivity index (χ2n) is 5.02. The molecular weight excluding hydrogens is 290 g/mol. The molecule has 1 atom stereocenters. The van der Waals surface area contributed by atoms with Crippen LogP contribution >= 0.6 is 0 Å². The molecule has 0 bridgehead atoms. The van der Waals surface area contributed by atoms with Crippen LogP contribution in [0, 0.1) is 0 Å². The smallest absolute Gasteiger partial charge is 0.243 e. The van der Waals surface area contributed by atoms with Crippen LogP contribution in [-0.4, -0.2) is 52.2 Å². The number of allylic oxidation sites excluding steroid dienone is 3. The number of sulfonamides is 1. The number of rotatable bonds is 6. The van der Waals surface area contributed by atoms with Crippen LogP contribution in [0.3, 0.4) is 0 Å². The summed E-state index contributed by atoms with van der Waals surface area (Å²) in [5.74, 6) is 0. The molecule has 0 spiro atoms. The Morgan fingerprint density at radius 3 is 2.38 bits per heavy atom. The van der Waals surface area contributed by atoms with Crippen molar-refractivity contribution in [3.05, 3.63) is 34.8 Å². The van der Waals surface area contributed by atoms with Crippen molar-refractivity contribution in [2.75, 3.05) is 33.4 Å². The average molecular weight is 315 g/mol. The second-order valence-corrected chi connectivity index (χ2v) is 6.90. The van der Waals surface area contributed by atoms with Gasteiger partial charge in [-0.2, -0.15) is 4.31 Å². The SMILES string of the molecule is C=C/C(C)=C(\C(C)=C/C(C)OC)S(=O)(=O)N1CCOCC1. The Kier molecular flexibility index (Phi) is 6.80. The molecular formula is C15H25NO4S. The Morgan fingerprint density at radius 2 is 1.90 bits per heavy atom. The van der Waals surface area contributed by atoms with Crippen molar-refractivity contribution in [1.82, 2.24) is 4.31 Å². The summed E-state index contributed by atoms with van der Waals surface area (Å²) in [6.07, 6.45) is 3.22. The second kappa shape index (κ2) is 7.89. The lowest BCUT2D eigenvalue weighted by Gasteiger charge is -2.28. The summed E-state index contributed by atoms with van der Waals surface area (Å²) in [7, 11) is -1.96. The molecule has 0 aromatic rings. The predicted octanol–water partition coefficient (Wildman–Crippen LogP) is 2.09. The maximum atomic E-state index is 12.9. The zero-order valence-electron chi connectivity index (χ0n) is 13.3. The lowest BCUT2D eigenvalue weighted by atomic mass is 10.1. The van der Waals surface area contributed by atoms with Gasteiger partial charge in [-0.3, -0.25) is 0 Å². The van der Waals surface area contributed by atoms with Gasteiger partial charge in [-0.15, -0.1) is 0 Å². The monoisotopic (exact) mass is 315 g/mol. The largest absolute Gasteiger partial charge is 0.379 e. The molecule has 1 heterocycles. The molecule has 120 valence electrons. The fraction of sp³-hybridized carbons (Fsp3) is 0.600. The fourth-order valence-electron chi connectivity index (χ4n) is 2.22. The van der Waals surface area contributed by atoms with Gasteiger partial charge in [0.2, 0.25) is 10.0 Å². The lowest BCUT2D eigenvalue weighted by Crippen LogP contribution is -2.41. The third-order valence-corrected chi connectivity index (χ3v) is 5.65. The topological polar surface area (TPSA) is 55.8 Å². The number of morpholine rings is 1. The molecule has 0 aromatic carbocycles. The number of ether oxygens (including phenoxy) is 2. The Hall–Kier alpha value is -0.950. The first-order chi connectivity index (χ1) is 9.84. The van der Waals surface area contributed by atoms with Crippen LogP contribution in [0.15, 0.2) is 34.8 Å². The standard InChI is InChI=1S/C15H25NO4S/c1-6-12(2)15(13(3)11-14(4)19-5)21(17,18)16-7-9-20-10-8-16/h6,11,14H,1,7-10H2,2-5H3/b13-11-,15-12+. The summed E-state index contributed by atoms with van der Waals surface area (Å²) >= 11 is 0. The predicted molar refractivity (Wildman–Crippen MR) is 84.4 cm³/mol. The van der Waals surface area contributed by atoms with E-state index < -0.39 is 10.0 Å². The third kappa shape index (κ3) is 4.51. The van der Waals surface area contributed by atoms with Crippen LogP contribution in [0.4, 0.5) is 0 Å². The van der Waals surface area contributed by atoms with Crippen molar-refractivity contribution < 1.29 is 17.9 Å². The lowest BCUT2D eigenvalue weighted by molar-refractivity contribution is 0.0734. The van der Waals surface area contributed by atoms with Gasteiger partial charge in [0.15, 0.2) is 0 Å². The first-order valence-corrected chi connectivity index (χ1v) is 8.41. The van der Waals surface area contributed by atoms with E-state index >= 15 is 0 Å². The summed E-state index contributed by atoms with van der Waals surface area (Å²) in [6.45, 7) is 10.7. The van der Waals surface area contributed by atoms with Gasteiger partial charge in [0.25, 0.3) is 0 Å². The van der Waals surface area contributed by atoms with E-state index in [0.717, 1.165) is 0 Å². The minimum absolute atomic E-state index is 0.155. The molecule has 21 heavy (non-hydrogen) atoms. The number of nitrogens with zero attached hydrogens (tertiary/aromatic N) is 1. The van der Waals surface area contributed by atoms with E-state index in [4.69, 9.17) is 9.47 Å². The molecule has 1 rings (SSSR count). The van der Waals surface area contributed by atoms with Gasteiger partial charge in [0.05, 0.1) is 24.2 Å². The first kappa shape index (κ1) is 18.1. The number of hydrogen-bond acceptors (Lipinski definition) is 4.